The lowest BCUT2D eigenvalue weighted by atomic mass is 9.81. The molecule has 166 valence electrons. The van der Waals surface area contributed by atoms with Gasteiger partial charge in [-0.25, -0.2) is 0 Å². The first-order chi connectivity index (χ1) is 16.1. The third-order valence-electron chi connectivity index (χ3n) is 6.67. The Balaban J connectivity index is 1.68. The summed E-state index contributed by atoms with van der Waals surface area (Å²) in [6.07, 6.45) is 0.405. The molecule has 1 aliphatic rings. The molecular weight excluding hydrogens is 410 g/mol. The Bertz CT molecular complexity index is 1340. The molecule has 1 unspecified atom stereocenters. The van der Waals surface area contributed by atoms with Crippen LogP contribution in [0.4, 0.5) is 5.69 Å². The van der Waals surface area contributed by atoms with Crippen molar-refractivity contribution in [2.24, 2.45) is 0 Å². The van der Waals surface area contributed by atoms with Crippen LogP contribution in [0, 0.1) is 6.92 Å². The van der Waals surface area contributed by atoms with E-state index in [9.17, 15) is 4.79 Å². The fourth-order valence-electron chi connectivity index (χ4n) is 4.89. The maximum absolute atomic E-state index is 13.5. The van der Waals surface area contributed by atoms with Gasteiger partial charge in [-0.2, -0.15) is 0 Å². The lowest BCUT2D eigenvalue weighted by Gasteiger charge is -2.36. The van der Waals surface area contributed by atoms with Crippen molar-refractivity contribution >= 4 is 22.4 Å². The summed E-state index contributed by atoms with van der Waals surface area (Å²) in [5.74, 6) is 1.42. The molecule has 5 rings (SSSR count). The molecule has 0 fully saturated rings. The number of nitrogens with zero attached hydrogens (tertiary/aromatic N) is 1. The third-order valence-corrected chi connectivity index (χ3v) is 6.67. The first kappa shape index (κ1) is 21.1. The zero-order valence-corrected chi connectivity index (χ0v) is 19.2. The molecular formula is C29H27NO3. The van der Waals surface area contributed by atoms with Crippen molar-refractivity contribution in [2.45, 2.75) is 25.8 Å². The van der Waals surface area contributed by atoms with Gasteiger partial charge in [-0.3, -0.25) is 4.79 Å². The number of anilines is 1. The van der Waals surface area contributed by atoms with Crippen LogP contribution in [0.3, 0.4) is 0 Å². The molecule has 0 N–H and O–H groups in total. The van der Waals surface area contributed by atoms with Crippen molar-refractivity contribution in [1.82, 2.24) is 0 Å². The maximum Gasteiger partial charge on any atom is 0.228 e. The highest BCUT2D eigenvalue weighted by Gasteiger charge is 2.34. The molecule has 33 heavy (non-hydrogen) atoms. The van der Waals surface area contributed by atoms with Gasteiger partial charge in [-0.15, -0.1) is 0 Å². The maximum atomic E-state index is 13.5. The normalized spacial score (nSPS) is 15.4. The number of rotatable bonds is 5. The number of fused-ring (bicyclic) bond motifs is 3. The van der Waals surface area contributed by atoms with E-state index in [-0.39, 0.29) is 11.8 Å². The zero-order valence-electron chi connectivity index (χ0n) is 19.2. The first-order valence-electron chi connectivity index (χ1n) is 11.2. The fourth-order valence-corrected chi connectivity index (χ4v) is 4.89. The van der Waals surface area contributed by atoms with Crippen LogP contribution in [0.25, 0.3) is 10.8 Å². The molecule has 4 aromatic rings. The summed E-state index contributed by atoms with van der Waals surface area (Å²) in [5, 5.41) is 2.35. The fraction of sp³-hybridized carbons (Fsp3) is 0.207. The average molecular weight is 438 g/mol. The van der Waals surface area contributed by atoms with E-state index < -0.39 is 0 Å². The molecule has 4 nitrogen and oxygen atoms in total. The Morgan fingerprint density at radius 1 is 0.879 bits per heavy atom. The number of carbonyl (C=O) groups is 1. The third kappa shape index (κ3) is 3.72. The second-order valence-electron chi connectivity index (χ2n) is 8.50. The summed E-state index contributed by atoms with van der Waals surface area (Å²) in [6.45, 7) is 2.66. The van der Waals surface area contributed by atoms with Crippen molar-refractivity contribution in [2.75, 3.05) is 19.1 Å². The summed E-state index contributed by atoms with van der Waals surface area (Å²) in [7, 11) is 3.27. The highest BCUT2D eigenvalue weighted by atomic mass is 16.5. The van der Waals surface area contributed by atoms with Crippen LogP contribution in [0.1, 0.15) is 34.6 Å². The van der Waals surface area contributed by atoms with Crippen molar-refractivity contribution in [3.63, 3.8) is 0 Å². The minimum atomic E-state index is -0.0634. The molecule has 1 aliphatic heterocycles. The van der Waals surface area contributed by atoms with Gasteiger partial charge in [0.1, 0.15) is 0 Å². The Morgan fingerprint density at radius 2 is 1.64 bits per heavy atom. The van der Waals surface area contributed by atoms with Gasteiger partial charge in [0.15, 0.2) is 11.5 Å². The number of methoxy groups -OCH3 is 2. The van der Waals surface area contributed by atoms with Crippen LogP contribution >= 0.6 is 0 Å². The van der Waals surface area contributed by atoms with Gasteiger partial charge in [0, 0.05) is 18.0 Å². The van der Waals surface area contributed by atoms with Gasteiger partial charge in [-0.1, -0.05) is 60.7 Å². The van der Waals surface area contributed by atoms with E-state index in [2.05, 4.69) is 55.5 Å². The molecule has 0 spiro atoms. The SMILES string of the molecule is COc1ccc(C2CC(=O)N(Cc3ccccc3C)c3ccc4ccccc4c32)cc1OC. The van der Waals surface area contributed by atoms with Crippen LogP contribution in [0.2, 0.25) is 0 Å². The molecule has 4 heteroatoms. The predicted molar refractivity (Wildman–Crippen MR) is 132 cm³/mol. The molecule has 0 saturated carbocycles. The van der Waals surface area contributed by atoms with Gasteiger partial charge in [0.2, 0.25) is 5.91 Å². The molecule has 4 aromatic carbocycles. The van der Waals surface area contributed by atoms with Crippen LogP contribution < -0.4 is 14.4 Å². The summed E-state index contributed by atoms with van der Waals surface area (Å²) >= 11 is 0. The molecule has 1 heterocycles. The van der Waals surface area contributed by atoms with Crippen LogP contribution in [-0.4, -0.2) is 20.1 Å². The van der Waals surface area contributed by atoms with Crippen LogP contribution in [0.15, 0.2) is 78.9 Å². The second-order valence-corrected chi connectivity index (χ2v) is 8.50. The predicted octanol–water partition coefficient (Wildman–Crippen LogP) is 6.23. The lowest BCUT2D eigenvalue weighted by Crippen LogP contribution is -2.36. The van der Waals surface area contributed by atoms with Crippen molar-refractivity contribution in [3.05, 3.63) is 101 Å². The Morgan fingerprint density at radius 3 is 2.42 bits per heavy atom. The van der Waals surface area contributed by atoms with Gasteiger partial charge in [0.25, 0.3) is 0 Å². The Hall–Kier alpha value is -3.79. The lowest BCUT2D eigenvalue weighted by molar-refractivity contribution is -0.119. The van der Waals surface area contributed by atoms with E-state index in [1.165, 1.54) is 21.9 Å². The minimum Gasteiger partial charge on any atom is -0.493 e. The van der Waals surface area contributed by atoms with E-state index in [4.69, 9.17) is 9.47 Å². The van der Waals surface area contributed by atoms with E-state index in [0.29, 0.717) is 24.5 Å². The summed E-state index contributed by atoms with van der Waals surface area (Å²) in [4.78, 5) is 15.5. The molecule has 0 saturated heterocycles. The number of benzene rings is 4. The van der Waals surface area contributed by atoms with Gasteiger partial charge < -0.3 is 14.4 Å². The Labute approximate surface area is 194 Å². The van der Waals surface area contributed by atoms with E-state index >= 15 is 0 Å². The van der Waals surface area contributed by atoms with E-state index in [0.717, 1.165) is 16.8 Å². The van der Waals surface area contributed by atoms with E-state index in [1.807, 2.05) is 35.2 Å². The van der Waals surface area contributed by atoms with Gasteiger partial charge >= 0.3 is 0 Å². The molecule has 0 aliphatic carbocycles. The molecule has 1 atom stereocenters. The number of carbonyl (C=O) groups excluding carboxylic acids is 1. The highest BCUT2D eigenvalue weighted by molar-refractivity contribution is 6.03. The second kappa shape index (κ2) is 8.62. The zero-order chi connectivity index (χ0) is 22.9. The number of aryl methyl sites for hydroxylation is 1. The van der Waals surface area contributed by atoms with Crippen LogP contribution in [0.5, 0.6) is 11.5 Å². The number of ether oxygens (including phenoxy) is 2. The number of hydrogen-bond donors (Lipinski definition) is 0. The summed E-state index contributed by atoms with van der Waals surface area (Å²) in [5.41, 5.74) is 5.57. The standard InChI is InChI=1S/C29H27NO3/c1-19-8-4-5-10-22(19)18-30-25-14-12-20-9-6-7-11-23(20)29(25)24(17-28(30)31)21-13-15-26(32-2)27(16-21)33-3/h4-16,24H,17-18H2,1-3H3. The van der Waals surface area contributed by atoms with Crippen molar-refractivity contribution < 1.29 is 14.3 Å². The summed E-state index contributed by atoms with van der Waals surface area (Å²) < 4.78 is 11.0. The minimum absolute atomic E-state index is 0.0634. The Kier molecular flexibility index (Phi) is 5.51. The number of amides is 1. The van der Waals surface area contributed by atoms with Crippen LogP contribution in [-0.2, 0) is 11.3 Å². The average Bonchev–Trinajstić information content (AvgIpc) is 2.85. The van der Waals surface area contributed by atoms with Gasteiger partial charge in [-0.05, 0) is 58.1 Å². The molecule has 0 bridgehead atoms. The summed E-state index contributed by atoms with van der Waals surface area (Å²) in [6, 6.07) is 26.8. The number of hydrogen-bond acceptors (Lipinski definition) is 3. The largest absolute Gasteiger partial charge is 0.493 e. The first-order valence-corrected chi connectivity index (χ1v) is 11.2. The topological polar surface area (TPSA) is 38.8 Å². The quantitative estimate of drug-likeness (QED) is 0.371. The highest BCUT2D eigenvalue weighted by Crippen LogP contribution is 2.46. The molecule has 0 radical (unpaired) electrons. The molecule has 1 amide bonds. The monoisotopic (exact) mass is 437 g/mol. The van der Waals surface area contributed by atoms with Crippen molar-refractivity contribution in [1.29, 1.82) is 0 Å². The van der Waals surface area contributed by atoms with E-state index in [1.54, 1.807) is 14.2 Å². The van der Waals surface area contributed by atoms with Gasteiger partial charge in [0.05, 0.1) is 20.8 Å². The molecule has 0 aromatic heterocycles. The van der Waals surface area contributed by atoms with Crippen molar-refractivity contribution in [3.8, 4) is 11.5 Å². The smallest absolute Gasteiger partial charge is 0.228 e.